The van der Waals surface area contributed by atoms with Crippen molar-refractivity contribution in [1.29, 1.82) is 0 Å². The van der Waals surface area contributed by atoms with Crippen molar-refractivity contribution < 1.29 is 64.5 Å². The highest BCUT2D eigenvalue weighted by Crippen LogP contribution is 2.45. The SMILES string of the molecule is CN[C@H]1C[C@@H](N)[C@H](O)C(O[C@@H]2O[C@H](CO)[C@H](O)[C@@H]3OC4(O[C@H]23)O[C@H]([C@@H](N)CO)[C@H](O)[C@@H](O)[C@H]4O)[C@@H]1O. The quantitative estimate of drug-likeness (QED) is 0.153. The van der Waals surface area contributed by atoms with Crippen molar-refractivity contribution in [1.82, 2.24) is 5.32 Å². The third-order valence-electron chi connectivity index (χ3n) is 7.42. The summed E-state index contributed by atoms with van der Waals surface area (Å²) in [6.45, 7) is -1.33. The lowest BCUT2D eigenvalue weighted by Crippen LogP contribution is -2.69. The highest BCUT2D eigenvalue weighted by Gasteiger charge is 2.67. The van der Waals surface area contributed by atoms with E-state index >= 15 is 0 Å². The molecule has 0 aromatic carbocycles. The second-order valence-electron chi connectivity index (χ2n) is 9.72. The molecule has 16 atom stereocenters. The molecular weight excluding hydrogens is 490 g/mol. The third-order valence-corrected chi connectivity index (χ3v) is 7.42. The molecule has 4 aliphatic rings. The topological polar surface area (TPSA) is 272 Å². The predicted molar refractivity (Wildman–Crippen MR) is 115 cm³/mol. The fraction of sp³-hybridized carbons (Fsp3) is 1.00. The number of hydrogen-bond acceptors (Lipinski definition) is 16. The molecule has 2 unspecified atom stereocenters. The van der Waals surface area contributed by atoms with Crippen LogP contribution in [0, 0.1) is 0 Å². The van der Waals surface area contributed by atoms with E-state index in [2.05, 4.69) is 5.32 Å². The van der Waals surface area contributed by atoms with Crippen LogP contribution in [0.3, 0.4) is 0 Å². The number of rotatable bonds is 6. The van der Waals surface area contributed by atoms with Crippen LogP contribution in [0.25, 0.3) is 0 Å². The van der Waals surface area contributed by atoms with Crippen LogP contribution in [0.2, 0.25) is 0 Å². The molecule has 4 fully saturated rings. The third kappa shape index (κ3) is 4.68. The maximum Gasteiger partial charge on any atom is 0.314 e. The Labute approximate surface area is 206 Å². The first-order valence-corrected chi connectivity index (χ1v) is 11.8. The van der Waals surface area contributed by atoms with E-state index in [-0.39, 0.29) is 6.42 Å². The monoisotopic (exact) mass is 527 g/mol. The summed E-state index contributed by atoms with van der Waals surface area (Å²) in [5.41, 5.74) is 11.8. The van der Waals surface area contributed by atoms with Crippen LogP contribution < -0.4 is 16.8 Å². The van der Waals surface area contributed by atoms with E-state index in [1.807, 2.05) is 0 Å². The number of nitrogens with two attached hydrogens (primary N) is 2. The maximum atomic E-state index is 10.7. The number of ether oxygens (including phenoxy) is 5. The summed E-state index contributed by atoms with van der Waals surface area (Å²) >= 11 is 0. The van der Waals surface area contributed by atoms with Gasteiger partial charge in [-0.1, -0.05) is 0 Å². The van der Waals surface area contributed by atoms with Gasteiger partial charge in [0.15, 0.2) is 12.4 Å². The predicted octanol–water partition coefficient (Wildman–Crippen LogP) is -7.27. The number of hydrogen-bond donors (Lipinski definition) is 11. The largest absolute Gasteiger partial charge is 0.395 e. The Balaban J connectivity index is 1.62. The van der Waals surface area contributed by atoms with Crippen LogP contribution in [0.4, 0.5) is 0 Å². The van der Waals surface area contributed by atoms with Gasteiger partial charge in [-0.3, -0.25) is 0 Å². The standard InChI is InChI=1S/C20H37N3O13/c1-23-7-2-5(21)9(26)15(10(7)27)33-19-17-16(11(28)8(4-25)32-19)35-20(36-17)18(31)13(30)12(29)14(34-20)6(22)3-24/h5-19,23-31H,2-4,21-22H2,1H3/t5-,6+,7+,8-,9+,10-,11+,12-,13-,14-,15?,16+,17+,18-,19+,20?/m1/s1. The zero-order valence-corrected chi connectivity index (χ0v) is 19.6. The average Bonchev–Trinajstić information content (AvgIpc) is 3.27. The Kier molecular flexibility index (Phi) is 8.55. The maximum absolute atomic E-state index is 10.7. The molecule has 13 N–H and O–H groups in total. The molecule has 3 saturated heterocycles. The second-order valence-corrected chi connectivity index (χ2v) is 9.72. The van der Waals surface area contributed by atoms with Crippen LogP contribution >= 0.6 is 0 Å². The Bertz CT molecular complexity index is 756. The lowest BCUT2D eigenvalue weighted by atomic mass is 9.84. The van der Waals surface area contributed by atoms with Crippen molar-refractivity contribution in [2.24, 2.45) is 11.5 Å². The summed E-state index contributed by atoms with van der Waals surface area (Å²) < 4.78 is 28.7. The van der Waals surface area contributed by atoms with Crippen molar-refractivity contribution in [3.05, 3.63) is 0 Å². The summed E-state index contributed by atoms with van der Waals surface area (Å²) in [6.07, 6.45) is -17.7. The van der Waals surface area contributed by atoms with Gasteiger partial charge in [-0.05, 0) is 13.5 Å². The molecule has 3 heterocycles. The lowest BCUT2D eigenvalue weighted by Gasteiger charge is -2.46. The highest BCUT2D eigenvalue weighted by atomic mass is 16.9. The number of aliphatic hydroxyl groups is 8. The van der Waals surface area contributed by atoms with Crippen molar-refractivity contribution >= 4 is 0 Å². The lowest BCUT2D eigenvalue weighted by molar-refractivity contribution is -0.439. The molecule has 1 spiro atoms. The highest BCUT2D eigenvalue weighted by molar-refractivity contribution is 5.05. The van der Waals surface area contributed by atoms with E-state index in [1.165, 1.54) is 0 Å². The van der Waals surface area contributed by atoms with Crippen LogP contribution in [-0.4, -0.2) is 159 Å². The Morgan fingerprint density at radius 3 is 2.22 bits per heavy atom. The van der Waals surface area contributed by atoms with E-state index in [0.717, 1.165) is 0 Å². The van der Waals surface area contributed by atoms with Crippen molar-refractivity contribution in [2.75, 3.05) is 20.3 Å². The van der Waals surface area contributed by atoms with E-state index in [0.29, 0.717) is 0 Å². The molecule has 0 bridgehead atoms. The van der Waals surface area contributed by atoms with E-state index < -0.39 is 111 Å². The normalized spacial score (nSPS) is 54.4. The van der Waals surface area contributed by atoms with Crippen molar-refractivity contribution in [2.45, 2.75) is 104 Å². The minimum absolute atomic E-state index is 0.254. The Hall–Kier alpha value is -0.640. The molecular formula is C20H37N3O13. The van der Waals surface area contributed by atoms with Crippen molar-refractivity contribution in [3.63, 3.8) is 0 Å². The van der Waals surface area contributed by atoms with Gasteiger partial charge in [-0.25, -0.2) is 0 Å². The Morgan fingerprint density at radius 1 is 0.944 bits per heavy atom. The van der Waals surface area contributed by atoms with Gasteiger partial charge >= 0.3 is 5.97 Å². The molecule has 1 saturated carbocycles. The first-order valence-electron chi connectivity index (χ1n) is 11.8. The minimum atomic E-state index is -2.48. The molecule has 0 amide bonds. The molecule has 0 aromatic heterocycles. The van der Waals surface area contributed by atoms with Crippen LogP contribution in [0.15, 0.2) is 0 Å². The second kappa shape index (κ2) is 10.9. The molecule has 16 nitrogen and oxygen atoms in total. The van der Waals surface area contributed by atoms with E-state index in [1.54, 1.807) is 7.05 Å². The van der Waals surface area contributed by atoms with Crippen LogP contribution in [0.5, 0.6) is 0 Å². The van der Waals surface area contributed by atoms with E-state index in [4.69, 9.17) is 35.2 Å². The zero-order chi connectivity index (χ0) is 26.5. The van der Waals surface area contributed by atoms with Gasteiger partial charge in [0.25, 0.3) is 0 Å². The smallest absolute Gasteiger partial charge is 0.314 e. The molecule has 36 heavy (non-hydrogen) atoms. The summed E-state index contributed by atoms with van der Waals surface area (Å²) in [5, 5.41) is 85.6. The summed E-state index contributed by atoms with van der Waals surface area (Å²) in [6, 6.07) is -2.50. The average molecular weight is 528 g/mol. The number of aliphatic hydroxyl groups excluding tert-OH is 8. The molecule has 3 aliphatic heterocycles. The zero-order valence-electron chi connectivity index (χ0n) is 19.6. The van der Waals surface area contributed by atoms with E-state index in [9.17, 15) is 40.9 Å². The summed E-state index contributed by atoms with van der Waals surface area (Å²) in [4.78, 5) is 0. The first kappa shape index (κ1) is 28.4. The number of nitrogens with one attached hydrogen (secondary N) is 1. The van der Waals surface area contributed by atoms with Crippen LogP contribution in [-0.2, 0) is 23.7 Å². The van der Waals surface area contributed by atoms with Gasteiger partial charge in [0, 0.05) is 12.1 Å². The van der Waals surface area contributed by atoms with Crippen molar-refractivity contribution in [3.8, 4) is 0 Å². The van der Waals surface area contributed by atoms with Gasteiger partial charge in [-0.2, -0.15) is 0 Å². The molecule has 0 radical (unpaired) electrons. The Morgan fingerprint density at radius 2 is 1.61 bits per heavy atom. The fourth-order valence-corrected chi connectivity index (χ4v) is 5.23. The van der Waals surface area contributed by atoms with Gasteiger partial charge < -0.3 is 81.3 Å². The molecule has 16 heteroatoms. The summed E-state index contributed by atoms with van der Waals surface area (Å²) in [5.74, 6) is -2.48. The van der Waals surface area contributed by atoms with Crippen LogP contribution in [0.1, 0.15) is 6.42 Å². The van der Waals surface area contributed by atoms with Gasteiger partial charge in [-0.15, -0.1) is 0 Å². The first-order chi connectivity index (χ1) is 17.0. The summed E-state index contributed by atoms with van der Waals surface area (Å²) in [7, 11) is 1.60. The fourth-order valence-electron chi connectivity index (χ4n) is 5.23. The minimum Gasteiger partial charge on any atom is -0.395 e. The van der Waals surface area contributed by atoms with Gasteiger partial charge in [0.1, 0.15) is 48.8 Å². The number of likely N-dealkylation sites (N-methyl/N-ethyl adjacent to an activating group) is 1. The van der Waals surface area contributed by atoms with Gasteiger partial charge in [0.05, 0.1) is 31.5 Å². The molecule has 210 valence electrons. The number of fused-ring (bicyclic) bond motifs is 1. The molecule has 1 aliphatic carbocycles. The van der Waals surface area contributed by atoms with Gasteiger partial charge in [0.2, 0.25) is 0 Å². The molecule has 0 aromatic rings. The molecule has 4 rings (SSSR count).